The molecule has 0 bridgehead atoms. The number of hydrogen-bond donors (Lipinski definition) is 0. The lowest BCUT2D eigenvalue weighted by atomic mass is 9.87. The third-order valence-corrected chi connectivity index (χ3v) is 3.13. The number of ether oxygens (including phenoxy) is 2. The van der Waals surface area contributed by atoms with Gasteiger partial charge in [0, 0.05) is 0 Å². The van der Waals surface area contributed by atoms with Crippen molar-refractivity contribution in [1.29, 1.82) is 0 Å². The molecular formula is C18H24O4. The minimum atomic E-state index is -0.764. The van der Waals surface area contributed by atoms with Crippen LogP contribution in [0.1, 0.15) is 44.5 Å². The van der Waals surface area contributed by atoms with Gasteiger partial charge in [-0.25, -0.2) is 4.79 Å². The average Bonchev–Trinajstić information content (AvgIpc) is 2.45. The van der Waals surface area contributed by atoms with Crippen molar-refractivity contribution in [2.75, 3.05) is 7.11 Å². The van der Waals surface area contributed by atoms with Crippen molar-refractivity contribution in [2.24, 2.45) is 5.41 Å². The van der Waals surface area contributed by atoms with Gasteiger partial charge in [0.25, 0.3) is 0 Å². The Kier molecular flexibility index (Phi) is 5.92. The Labute approximate surface area is 132 Å². The standard InChI is InChI=1S/C18H24O4/c1-17(2,13-15(19)21-5)11-12-18(3,4)22-16(20)14-9-7-6-8-10-14/h6-12H,13H2,1-5H3/b12-11+. The van der Waals surface area contributed by atoms with Gasteiger partial charge < -0.3 is 9.47 Å². The Balaban J connectivity index is 2.72. The molecule has 0 aromatic heterocycles. The van der Waals surface area contributed by atoms with Gasteiger partial charge >= 0.3 is 11.9 Å². The summed E-state index contributed by atoms with van der Waals surface area (Å²) in [6.45, 7) is 7.46. The van der Waals surface area contributed by atoms with E-state index in [9.17, 15) is 9.59 Å². The van der Waals surface area contributed by atoms with Gasteiger partial charge in [-0.1, -0.05) is 38.1 Å². The van der Waals surface area contributed by atoms with Crippen LogP contribution in [0, 0.1) is 5.41 Å². The molecule has 0 saturated heterocycles. The van der Waals surface area contributed by atoms with E-state index in [0.717, 1.165) is 0 Å². The first-order valence-electron chi connectivity index (χ1n) is 7.21. The Morgan fingerprint density at radius 3 is 2.18 bits per heavy atom. The Morgan fingerprint density at radius 2 is 1.64 bits per heavy atom. The second-order valence-corrected chi connectivity index (χ2v) is 6.43. The number of hydrogen-bond acceptors (Lipinski definition) is 4. The summed E-state index contributed by atoms with van der Waals surface area (Å²) in [5, 5.41) is 0. The molecule has 0 unspecified atom stereocenters. The highest BCUT2D eigenvalue weighted by Crippen LogP contribution is 2.25. The van der Waals surface area contributed by atoms with Crippen LogP contribution in [0.2, 0.25) is 0 Å². The summed E-state index contributed by atoms with van der Waals surface area (Å²) in [6, 6.07) is 8.85. The minimum Gasteiger partial charge on any atom is -0.469 e. The molecule has 0 aliphatic carbocycles. The summed E-state index contributed by atoms with van der Waals surface area (Å²) < 4.78 is 10.2. The van der Waals surface area contributed by atoms with Crippen molar-refractivity contribution in [1.82, 2.24) is 0 Å². The molecule has 22 heavy (non-hydrogen) atoms. The van der Waals surface area contributed by atoms with Crippen molar-refractivity contribution in [3.8, 4) is 0 Å². The fourth-order valence-electron chi connectivity index (χ4n) is 1.84. The van der Waals surface area contributed by atoms with Gasteiger partial charge in [-0.3, -0.25) is 4.79 Å². The van der Waals surface area contributed by atoms with E-state index in [4.69, 9.17) is 4.74 Å². The lowest BCUT2D eigenvalue weighted by Crippen LogP contribution is -2.27. The molecule has 0 spiro atoms. The van der Waals surface area contributed by atoms with Crippen molar-refractivity contribution >= 4 is 11.9 Å². The van der Waals surface area contributed by atoms with Crippen LogP contribution in [0.4, 0.5) is 0 Å². The molecule has 1 aromatic carbocycles. The molecule has 0 radical (unpaired) electrons. The van der Waals surface area contributed by atoms with Gasteiger partial charge in [0.15, 0.2) is 0 Å². The van der Waals surface area contributed by atoms with Crippen LogP contribution in [-0.4, -0.2) is 24.6 Å². The first-order chi connectivity index (χ1) is 10.2. The predicted octanol–water partition coefficient (Wildman–Crippen LogP) is 3.77. The Bertz CT molecular complexity index is 541. The molecule has 1 aromatic rings. The fraction of sp³-hybridized carbons (Fsp3) is 0.444. The lowest BCUT2D eigenvalue weighted by molar-refractivity contribution is -0.142. The number of benzene rings is 1. The highest BCUT2D eigenvalue weighted by atomic mass is 16.6. The maximum Gasteiger partial charge on any atom is 0.338 e. The molecule has 0 heterocycles. The third kappa shape index (κ3) is 6.12. The Hall–Kier alpha value is -2.10. The molecular weight excluding hydrogens is 280 g/mol. The number of methoxy groups -OCH3 is 1. The molecule has 4 heteroatoms. The summed E-state index contributed by atoms with van der Waals surface area (Å²) >= 11 is 0. The Morgan fingerprint density at radius 1 is 1.05 bits per heavy atom. The van der Waals surface area contributed by atoms with Crippen LogP contribution in [0.15, 0.2) is 42.5 Å². The molecule has 0 atom stereocenters. The molecule has 0 amide bonds. The highest BCUT2D eigenvalue weighted by Gasteiger charge is 2.24. The van der Waals surface area contributed by atoms with Crippen molar-refractivity contribution in [3.05, 3.63) is 48.0 Å². The zero-order valence-corrected chi connectivity index (χ0v) is 13.9. The maximum absolute atomic E-state index is 12.1. The van der Waals surface area contributed by atoms with Gasteiger partial charge in [0.1, 0.15) is 5.60 Å². The third-order valence-electron chi connectivity index (χ3n) is 3.13. The van der Waals surface area contributed by atoms with E-state index in [1.54, 1.807) is 44.2 Å². The lowest BCUT2D eigenvalue weighted by Gasteiger charge is -2.24. The fourth-order valence-corrected chi connectivity index (χ4v) is 1.84. The number of esters is 2. The van der Waals surface area contributed by atoms with E-state index in [1.165, 1.54) is 7.11 Å². The topological polar surface area (TPSA) is 52.6 Å². The second-order valence-electron chi connectivity index (χ2n) is 6.43. The molecule has 120 valence electrons. The van der Waals surface area contributed by atoms with E-state index in [0.29, 0.717) is 5.56 Å². The maximum atomic E-state index is 12.1. The van der Waals surface area contributed by atoms with Gasteiger partial charge in [-0.15, -0.1) is 0 Å². The van der Waals surface area contributed by atoms with Crippen molar-refractivity contribution < 1.29 is 19.1 Å². The molecule has 4 nitrogen and oxygen atoms in total. The second kappa shape index (κ2) is 7.25. The predicted molar refractivity (Wildman–Crippen MR) is 85.5 cm³/mol. The number of carbonyl (C=O) groups is 2. The molecule has 0 aliphatic heterocycles. The highest BCUT2D eigenvalue weighted by molar-refractivity contribution is 5.89. The van der Waals surface area contributed by atoms with E-state index >= 15 is 0 Å². The van der Waals surface area contributed by atoms with Gasteiger partial charge in [-0.05, 0) is 37.5 Å². The minimum absolute atomic E-state index is 0.267. The smallest absolute Gasteiger partial charge is 0.338 e. The quantitative estimate of drug-likeness (QED) is 0.593. The van der Waals surface area contributed by atoms with E-state index < -0.39 is 5.60 Å². The summed E-state index contributed by atoms with van der Waals surface area (Å²) in [5.74, 6) is -0.644. The summed E-state index contributed by atoms with van der Waals surface area (Å²) in [6.07, 6.45) is 3.95. The summed E-state index contributed by atoms with van der Waals surface area (Å²) in [5.41, 5.74) is -0.623. The first-order valence-corrected chi connectivity index (χ1v) is 7.21. The monoisotopic (exact) mass is 304 g/mol. The molecule has 1 rings (SSSR count). The van der Waals surface area contributed by atoms with Gasteiger partial charge in [0.05, 0.1) is 19.1 Å². The van der Waals surface area contributed by atoms with E-state index in [1.807, 2.05) is 26.0 Å². The number of allylic oxidation sites excluding steroid dienone is 1. The molecule has 0 aliphatic rings. The molecule has 0 N–H and O–H groups in total. The molecule has 0 fully saturated rings. The van der Waals surface area contributed by atoms with E-state index in [-0.39, 0.29) is 23.8 Å². The first kappa shape index (κ1) is 18.0. The van der Waals surface area contributed by atoms with Crippen LogP contribution < -0.4 is 0 Å². The van der Waals surface area contributed by atoms with Crippen LogP contribution in [0.25, 0.3) is 0 Å². The van der Waals surface area contributed by atoms with Gasteiger partial charge in [0.2, 0.25) is 0 Å². The van der Waals surface area contributed by atoms with Crippen LogP contribution in [0.3, 0.4) is 0 Å². The van der Waals surface area contributed by atoms with E-state index in [2.05, 4.69) is 4.74 Å². The average molecular weight is 304 g/mol. The SMILES string of the molecule is COC(=O)CC(C)(C)/C=C/C(C)(C)OC(=O)c1ccccc1. The number of carbonyl (C=O) groups excluding carboxylic acids is 2. The van der Waals surface area contributed by atoms with Crippen molar-refractivity contribution in [2.45, 2.75) is 39.7 Å². The molecule has 0 saturated carbocycles. The van der Waals surface area contributed by atoms with Crippen LogP contribution in [0.5, 0.6) is 0 Å². The normalized spacial score (nSPS) is 12.2. The summed E-state index contributed by atoms with van der Waals surface area (Å²) in [7, 11) is 1.37. The zero-order chi connectivity index (χ0) is 16.8. The number of rotatable bonds is 6. The zero-order valence-electron chi connectivity index (χ0n) is 13.9. The van der Waals surface area contributed by atoms with Crippen LogP contribution >= 0.6 is 0 Å². The van der Waals surface area contributed by atoms with Crippen molar-refractivity contribution in [3.63, 3.8) is 0 Å². The van der Waals surface area contributed by atoms with Gasteiger partial charge in [-0.2, -0.15) is 0 Å². The summed E-state index contributed by atoms with van der Waals surface area (Å²) in [4.78, 5) is 23.5. The largest absolute Gasteiger partial charge is 0.469 e. The van der Waals surface area contributed by atoms with Crippen LogP contribution in [-0.2, 0) is 14.3 Å².